The maximum absolute atomic E-state index is 13.2. The van der Waals surface area contributed by atoms with E-state index in [0.29, 0.717) is 5.75 Å². The quantitative estimate of drug-likeness (QED) is 0.772. The number of carbonyl (C=O) groups excluding carboxylic acids is 1. The summed E-state index contributed by atoms with van der Waals surface area (Å²) in [4.78, 5) is 12.2. The zero-order valence-electron chi connectivity index (χ0n) is 15.4. The largest absolute Gasteiger partial charge is 0.489 e. The fourth-order valence-corrected chi connectivity index (χ4v) is 2.68. The summed E-state index contributed by atoms with van der Waals surface area (Å²) in [6.45, 7) is 2.17. The molecular weight excluding hydrogens is 375 g/mol. The first-order valence-corrected chi connectivity index (χ1v) is 8.71. The van der Waals surface area contributed by atoms with Crippen molar-refractivity contribution >= 4 is 11.8 Å². The first-order valence-electron chi connectivity index (χ1n) is 8.71. The van der Waals surface area contributed by atoms with E-state index in [-0.39, 0.29) is 11.8 Å². The minimum absolute atomic E-state index is 0.194. The van der Waals surface area contributed by atoms with Crippen molar-refractivity contribution < 1.29 is 32.2 Å². The van der Waals surface area contributed by atoms with E-state index in [2.05, 4.69) is 10.1 Å². The number of benzene rings is 2. The summed E-state index contributed by atoms with van der Waals surface area (Å²) >= 11 is 0. The third kappa shape index (κ3) is 4.22. The van der Waals surface area contributed by atoms with Crippen molar-refractivity contribution in [3.63, 3.8) is 0 Å². The topological polar surface area (TPSA) is 56.8 Å². The van der Waals surface area contributed by atoms with Crippen molar-refractivity contribution in [2.45, 2.75) is 31.7 Å². The molecule has 0 radical (unpaired) electrons. The summed E-state index contributed by atoms with van der Waals surface area (Å²) in [7, 11) is 0. The van der Waals surface area contributed by atoms with E-state index < -0.39 is 31.1 Å². The molecule has 2 aromatic carbocycles. The van der Waals surface area contributed by atoms with E-state index in [9.17, 15) is 18.0 Å². The van der Waals surface area contributed by atoms with Crippen LogP contribution in [0.25, 0.3) is 11.1 Å². The molecule has 0 saturated carbocycles. The predicted octanol–water partition coefficient (Wildman–Crippen LogP) is 5.02. The molecule has 8 heteroatoms. The number of anilines is 1. The molecule has 28 heavy (non-hydrogen) atoms. The second-order valence-electron chi connectivity index (χ2n) is 6.74. The number of rotatable bonds is 5. The van der Waals surface area contributed by atoms with Crippen molar-refractivity contribution in [3.8, 4) is 16.9 Å². The summed E-state index contributed by atoms with van der Waals surface area (Å²) in [5, 5.41) is 2.38. The molecule has 1 N–H and O–H groups in total. The van der Waals surface area contributed by atoms with Gasteiger partial charge in [-0.3, -0.25) is 5.32 Å². The van der Waals surface area contributed by atoms with Gasteiger partial charge in [0.25, 0.3) is 5.60 Å². The standard InChI is InChI=1S/C20H20F3NO4/c1-13(2)27-17-9-8-15(14-6-4-3-5-7-14)10-16(17)24-18(25)28-19(11-26-12-19)20(21,22)23/h3-10,13H,11-12H2,1-2H3,(H,24,25). The Morgan fingerprint density at radius 1 is 1.11 bits per heavy atom. The molecule has 0 atom stereocenters. The highest BCUT2D eigenvalue weighted by atomic mass is 19.4. The molecule has 0 unspecified atom stereocenters. The number of amides is 1. The van der Waals surface area contributed by atoms with E-state index in [0.717, 1.165) is 11.1 Å². The molecule has 0 bridgehead atoms. The van der Waals surface area contributed by atoms with Crippen LogP contribution in [0.5, 0.6) is 5.75 Å². The van der Waals surface area contributed by atoms with Gasteiger partial charge in [0.2, 0.25) is 0 Å². The Labute approximate surface area is 160 Å². The van der Waals surface area contributed by atoms with Crippen LogP contribution in [0.15, 0.2) is 48.5 Å². The minimum Gasteiger partial charge on any atom is -0.489 e. The number of ether oxygens (including phenoxy) is 3. The number of hydrogen-bond acceptors (Lipinski definition) is 4. The Morgan fingerprint density at radius 3 is 2.32 bits per heavy atom. The van der Waals surface area contributed by atoms with Gasteiger partial charge in [-0.15, -0.1) is 0 Å². The Bertz CT molecular complexity index is 833. The van der Waals surface area contributed by atoms with E-state index in [1.807, 2.05) is 30.3 Å². The zero-order valence-corrected chi connectivity index (χ0v) is 15.4. The van der Waals surface area contributed by atoms with Crippen LogP contribution < -0.4 is 10.1 Å². The fourth-order valence-electron chi connectivity index (χ4n) is 2.68. The molecule has 3 rings (SSSR count). The molecule has 0 aliphatic carbocycles. The lowest BCUT2D eigenvalue weighted by molar-refractivity contribution is -0.330. The van der Waals surface area contributed by atoms with Crippen LogP contribution in [-0.4, -0.2) is 37.2 Å². The summed E-state index contributed by atoms with van der Waals surface area (Å²) in [6, 6.07) is 14.4. The molecule has 1 heterocycles. The van der Waals surface area contributed by atoms with E-state index in [4.69, 9.17) is 9.47 Å². The summed E-state index contributed by atoms with van der Waals surface area (Å²) in [6.07, 6.45) is -6.13. The molecule has 2 aromatic rings. The van der Waals surface area contributed by atoms with Crippen LogP contribution in [-0.2, 0) is 9.47 Å². The van der Waals surface area contributed by atoms with E-state index in [1.165, 1.54) is 0 Å². The molecule has 1 aliphatic rings. The molecular formula is C20H20F3NO4. The smallest absolute Gasteiger partial charge is 0.433 e. The number of alkyl halides is 3. The monoisotopic (exact) mass is 395 g/mol. The van der Waals surface area contributed by atoms with Crippen LogP contribution in [0.4, 0.5) is 23.7 Å². The van der Waals surface area contributed by atoms with Gasteiger partial charge in [-0.1, -0.05) is 36.4 Å². The predicted molar refractivity (Wildman–Crippen MR) is 97.4 cm³/mol. The van der Waals surface area contributed by atoms with Gasteiger partial charge in [0.1, 0.15) is 5.75 Å². The van der Waals surface area contributed by atoms with Gasteiger partial charge < -0.3 is 14.2 Å². The third-order valence-electron chi connectivity index (χ3n) is 4.16. The van der Waals surface area contributed by atoms with Gasteiger partial charge in [-0.05, 0) is 37.1 Å². The van der Waals surface area contributed by atoms with Crippen LogP contribution >= 0.6 is 0 Å². The first-order chi connectivity index (χ1) is 13.2. The van der Waals surface area contributed by atoms with Gasteiger partial charge in [0.15, 0.2) is 0 Å². The second kappa shape index (κ2) is 7.71. The lowest BCUT2D eigenvalue weighted by atomic mass is 10.0. The number of carbonyl (C=O) groups is 1. The number of hydrogen-bond donors (Lipinski definition) is 1. The van der Waals surface area contributed by atoms with Crippen molar-refractivity contribution in [1.29, 1.82) is 0 Å². The summed E-state index contributed by atoms with van der Waals surface area (Å²) in [5.41, 5.74) is -0.746. The molecule has 5 nitrogen and oxygen atoms in total. The lowest BCUT2D eigenvalue weighted by Crippen LogP contribution is -2.63. The Morgan fingerprint density at radius 2 is 1.79 bits per heavy atom. The highest BCUT2D eigenvalue weighted by molar-refractivity contribution is 5.88. The Balaban J connectivity index is 1.85. The number of halogens is 3. The van der Waals surface area contributed by atoms with Crippen molar-refractivity contribution in [2.75, 3.05) is 18.5 Å². The highest BCUT2D eigenvalue weighted by Gasteiger charge is 2.63. The average Bonchev–Trinajstić information content (AvgIpc) is 2.59. The highest BCUT2D eigenvalue weighted by Crippen LogP contribution is 2.40. The molecule has 0 aromatic heterocycles. The molecule has 1 saturated heterocycles. The molecule has 1 fully saturated rings. The molecule has 0 spiro atoms. The molecule has 150 valence electrons. The first kappa shape index (κ1) is 20.0. The lowest BCUT2D eigenvalue weighted by Gasteiger charge is -2.41. The Kier molecular flexibility index (Phi) is 5.51. The van der Waals surface area contributed by atoms with Gasteiger partial charge in [0, 0.05) is 0 Å². The number of nitrogens with one attached hydrogen (secondary N) is 1. The fraction of sp³-hybridized carbons (Fsp3) is 0.350. The minimum atomic E-state index is -4.72. The summed E-state index contributed by atoms with van der Waals surface area (Å²) in [5.74, 6) is 0.331. The maximum Gasteiger partial charge on any atom is 0.433 e. The van der Waals surface area contributed by atoms with Crippen LogP contribution in [0, 0.1) is 0 Å². The van der Waals surface area contributed by atoms with Crippen LogP contribution in [0.2, 0.25) is 0 Å². The van der Waals surface area contributed by atoms with Crippen molar-refractivity contribution in [2.24, 2.45) is 0 Å². The van der Waals surface area contributed by atoms with Gasteiger partial charge >= 0.3 is 12.3 Å². The van der Waals surface area contributed by atoms with Crippen molar-refractivity contribution in [1.82, 2.24) is 0 Å². The molecule has 1 aliphatic heterocycles. The third-order valence-corrected chi connectivity index (χ3v) is 4.16. The van der Waals surface area contributed by atoms with E-state index in [1.54, 1.807) is 32.0 Å². The maximum atomic E-state index is 13.2. The normalized spacial score (nSPS) is 15.6. The SMILES string of the molecule is CC(C)Oc1ccc(-c2ccccc2)cc1NC(=O)OC1(C(F)(F)F)COC1. The van der Waals surface area contributed by atoms with Gasteiger partial charge in [-0.25, -0.2) is 4.79 Å². The Hall–Kier alpha value is -2.74. The second-order valence-corrected chi connectivity index (χ2v) is 6.74. The van der Waals surface area contributed by atoms with Crippen LogP contribution in [0.3, 0.4) is 0 Å². The molecule has 1 amide bonds. The van der Waals surface area contributed by atoms with Gasteiger partial charge in [0.05, 0.1) is 25.0 Å². The van der Waals surface area contributed by atoms with Crippen LogP contribution in [0.1, 0.15) is 13.8 Å². The van der Waals surface area contributed by atoms with Crippen molar-refractivity contribution in [3.05, 3.63) is 48.5 Å². The van der Waals surface area contributed by atoms with E-state index >= 15 is 0 Å². The average molecular weight is 395 g/mol. The summed E-state index contributed by atoms with van der Waals surface area (Å²) < 4.78 is 54.5. The zero-order chi connectivity index (χ0) is 20.4. The van der Waals surface area contributed by atoms with Gasteiger partial charge in [-0.2, -0.15) is 13.2 Å².